The number of piperidine rings is 1. The van der Waals surface area contributed by atoms with E-state index in [2.05, 4.69) is 15.6 Å². The Kier molecular flexibility index (Phi) is 3.52. The summed E-state index contributed by atoms with van der Waals surface area (Å²) in [6.45, 7) is 0. The van der Waals surface area contributed by atoms with Crippen LogP contribution in [0.25, 0.3) is 5.65 Å². The maximum Gasteiger partial charge on any atom is 0.229 e. The number of carbonyl (C=O) groups excluding carboxylic acids is 2. The molecule has 4 rings (SSSR count). The molecule has 1 aliphatic carbocycles. The van der Waals surface area contributed by atoms with E-state index in [1.807, 2.05) is 28.8 Å². The highest BCUT2D eigenvalue weighted by molar-refractivity contribution is 5.95. The zero-order chi connectivity index (χ0) is 15.8. The third-order valence-corrected chi connectivity index (χ3v) is 5.09. The smallest absolute Gasteiger partial charge is 0.229 e. The molecule has 2 aliphatic rings. The van der Waals surface area contributed by atoms with Gasteiger partial charge in [0.25, 0.3) is 0 Å². The molecule has 2 aromatic heterocycles. The molecule has 6 heteroatoms. The lowest BCUT2D eigenvalue weighted by Crippen LogP contribution is -2.53. The summed E-state index contributed by atoms with van der Waals surface area (Å²) in [7, 11) is 0. The van der Waals surface area contributed by atoms with E-state index in [-0.39, 0.29) is 36.1 Å². The van der Waals surface area contributed by atoms with E-state index < -0.39 is 0 Å². The second-order valence-electron chi connectivity index (χ2n) is 6.49. The number of carbonyl (C=O) groups is 2. The summed E-state index contributed by atoms with van der Waals surface area (Å²) in [5.74, 6) is 0.585. The molecule has 0 aromatic carbocycles. The van der Waals surface area contributed by atoms with E-state index in [0.717, 1.165) is 31.3 Å². The zero-order valence-corrected chi connectivity index (χ0v) is 12.9. The topological polar surface area (TPSA) is 75.5 Å². The molecule has 1 aliphatic heterocycles. The first-order valence-corrected chi connectivity index (χ1v) is 8.25. The molecule has 1 saturated heterocycles. The monoisotopic (exact) mass is 312 g/mol. The SMILES string of the molecule is O=C1CC(C(=O)Nc2cnc3ccccn23)C2CCCCC2N1. The fourth-order valence-corrected chi connectivity index (χ4v) is 3.97. The molecule has 2 fully saturated rings. The normalized spacial score (nSPS) is 27.3. The van der Waals surface area contributed by atoms with Crippen molar-refractivity contribution in [1.29, 1.82) is 0 Å². The molecule has 3 unspecified atom stereocenters. The number of aromatic nitrogens is 2. The number of hydrogen-bond acceptors (Lipinski definition) is 3. The lowest BCUT2D eigenvalue weighted by molar-refractivity contribution is -0.134. The van der Waals surface area contributed by atoms with Gasteiger partial charge in [0, 0.05) is 18.7 Å². The third-order valence-electron chi connectivity index (χ3n) is 5.09. The van der Waals surface area contributed by atoms with Crippen molar-refractivity contribution in [3.8, 4) is 0 Å². The Morgan fingerprint density at radius 2 is 2.17 bits per heavy atom. The summed E-state index contributed by atoms with van der Waals surface area (Å²) < 4.78 is 1.85. The first-order valence-electron chi connectivity index (χ1n) is 8.25. The van der Waals surface area contributed by atoms with Crippen LogP contribution in [0.15, 0.2) is 30.6 Å². The van der Waals surface area contributed by atoms with Gasteiger partial charge in [-0.1, -0.05) is 18.9 Å². The Morgan fingerprint density at radius 3 is 3.09 bits per heavy atom. The van der Waals surface area contributed by atoms with Gasteiger partial charge in [-0.15, -0.1) is 0 Å². The maximum atomic E-state index is 12.8. The van der Waals surface area contributed by atoms with Gasteiger partial charge in [0.05, 0.1) is 12.1 Å². The van der Waals surface area contributed by atoms with Crippen molar-refractivity contribution in [3.63, 3.8) is 0 Å². The van der Waals surface area contributed by atoms with Crippen LogP contribution in [0.1, 0.15) is 32.1 Å². The summed E-state index contributed by atoms with van der Waals surface area (Å²) in [4.78, 5) is 29.0. The number of nitrogens with zero attached hydrogens (tertiary/aromatic N) is 2. The predicted molar refractivity (Wildman–Crippen MR) is 85.8 cm³/mol. The van der Waals surface area contributed by atoms with Crippen LogP contribution < -0.4 is 10.6 Å². The molecular weight excluding hydrogens is 292 g/mol. The number of rotatable bonds is 2. The van der Waals surface area contributed by atoms with Crippen molar-refractivity contribution < 1.29 is 9.59 Å². The van der Waals surface area contributed by atoms with Gasteiger partial charge in [0.15, 0.2) is 0 Å². The molecule has 0 bridgehead atoms. The van der Waals surface area contributed by atoms with Crippen LogP contribution in [0.3, 0.4) is 0 Å². The number of fused-ring (bicyclic) bond motifs is 2. The van der Waals surface area contributed by atoms with E-state index >= 15 is 0 Å². The van der Waals surface area contributed by atoms with Crippen LogP contribution >= 0.6 is 0 Å². The van der Waals surface area contributed by atoms with Gasteiger partial charge in [-0.05, 0) is 30.9 Å². The van der Waals surface area contributed by atoms with Crippen LogP contribution in [-0.2, 0) is 9.59 Å². The van der Waals surface area contributed by atoms with Crippen molar-refractivity contribution in [2.45, 2.75) is 38.1 Å². The van der Waals surface area contributed by atoms with E-state index in [4.69, 9.17) is 0 Å². The summed E-state index contributed by atoms with van der Waals surface area (Å²) in [5.41, 5.74) is 0.791. The van der Waals surface area contributed by atoms with Gasteiger partial charge in [0.1, 0.15) is 11.5 Å². The quantitative estimate of drug-likeness (QED) is 0.890. The molecule has 2 N–H and O–H groups in total. The molecule has 2 aromatic rings. The fraction of sp³-hybridized carbons (Fsp3) is 0.471. The minimum absolute atomic E-state index is 0.00792. The highest BCUT2D eigenvalue weighted by Gasteiger charge is 2.41. The molecule has 0 radical (unpaired) electrons. The van der Waals surface area contributed by atoms with Crippen LogP contribution in [-0.4, -0.2) is 27.2 Å². The number of amides is 2. The Bertz CT molecular complexity index is 754. The van der Waals surface area contributed by atoms with Crippen LogP contribution in [0.4, 0.5) is 5.82 Å². The van der Waals surface area contributed by atoms with Gasteiger partial charge in [-0.25, -0.2) is 4.98 Å². The number of imidazole rings is 1. The minimum Gasteiger partial charge on any atom is -0.353 e. The largest absolute Gasteiger partial charge is 0.353 e. The van der Waals surface area contributed by atoms with Crippen molar-refractivity contribution in [3.05, 3.63) is 30.6 Å². The van der Waals surface area contributed by atoms with Crippen LogP contribution in [0, 0.1) is 11.8 Å². The Balaban J connectivity index is 1.56. The predicted octanol–water partition coefficient (Wildman–Crippen LogP) is 1.97. The molecule has 2 amide bonds. The molecule has 6 nitrogen and oxygen atoms in total. The van der Waals surface area contributed by atoms with E-state index in [9.17, 15) is 9.59 Å². The van der Waals surface area contributed by atoms with Crippen molar-refractivity contribution in [2.75, 3.05) is 5.32 Å². The first kappa shape index (κ1) is 14.2. The first-order chi connectivity index (χ1) is 11.2. The highest BCUT2D eigenvalue weighted by Crippen LogP contribution is 2.35. The number of anilines is 1. The molecule has 0 spiro atoms. The Labute approximate surface area is 134 Å². The lowest BCUT2D eigenvalue weighted by Gasteiger charge is -2.40. The zero-order valence-electron chi connectivity index (χ0n) is 12.9. The third kappa shape index (κ3) is 2.58. The van der Waals surface area contributed by atoms with Crippen molar-refractivity contribution >= 4 is 23.3 Å². The van der Waals surface area contributed by atoms with Gasteiger partial charge in [-0.3, -0.25) is 14.0 Å². The van der Waals surface area contributed by atoms with Crippen LogP contribution in [0.2, 0.25) is 0 Å². The molecule has 120 valence electrons. The summed E-state index contributed by atoms with van der Waals surface area (Å²) in [6, 6.07) is 5.85. The maximum absolute atomic E-state index is 12.8. The summed E-state index contributed by atoms with van der Waals surface area (Å²) in [5, 5.41) is 6.02. The van der Waals surface area contributed by atoms with Gasteiger partial charge in [-0.2, -0.15) is 0 Å². The second kappa shape index (κ2) is 5.68. The van der Waals surface area contributed by atoms with Gasteiger partial charge < -0.3 is 10.6 Å². The lowest BCUT2D eigenvalue weighted by atomic mass is 9.72. The molecular formula is C17H20N4O2. The number of pyridine rings is 1. The minimum atomic E-state index is -0.247. The Morgan fingerprint density at radius 1 is 1.30 bits per heavy atom. The Hall–Kier alpha value is -2.37. The fourth-order valence-electron chi connectivity index (χ4n) is 3.97. The second-order valence-corrected chi connectivity index (χ2v) is 6.49. The summed E-state index contributed by atoms with van der Waals surface area (Å²) >= 11 is 0. The van der Waals surface area contributed by atoms with Crippen LogP contribution in [0.5, 0.6) is 0 Å². The number of nitrogens with one attached hydrogen (secondary N) is 2. The molecule has 1 saturated carbocycles. The van der Waals surface area contributed by atoms with Gasteiger partial charge in [0.2, 0.25) is 11.8 Å². The standard InChI is InChI=1S/C17H20N4O2/c22-16-9-12(11-5-1-2-6-13(11)19-16)17(23)20-15-10-18-14-7-3-4-8-21(14)15/h3-4,7-8,10-13H,1-2,5-6,9H2,(H,19,22)(H,20,23). The average molecular weight is 312 g/mol. The molecule has 3 atom stereocenters. The van der Waals surface area contributed by atoms with E-state index in [1.165, 1.54) is 0 Å². The van der Waals surface area contributed by atoms with Crippen molar-refractivity contribution in [1.82, 2.24) is 14.7 Å². The molecule has 3 heterocycles. The van der Waals surface area contributed by atoms with E-state index in [1.54, 1.807) is 6.20 Å². The van der Waals surface area contributed by atoms with Crippen molar-refractivity contribution in [2.24, 2.45) is 11.8 Å². The summed E-state index contributed by atoms with van der Waals surface area (Å²) in [6.07, 6.45) is 8.07. The number of hydrogen-bond donors (Lipinski definition) is 2. The average Bonchev–Trinajstić information content (AvgIpc) is 2.97. The highest BCUT2D eigenvalue weighted by atomic mass is 16.2. The van der Waals surface area contributed by atoms with E-state index in [0.29, 0.717) is 5.82 Å². The van der Waals surface area contributed by atoms with Gasteiger partial charge >= 0.3 is 0 Å². The molecule has 23 heavy (non-hydrogen) atoms.